The van der Waals surface area contributed by atoms with Crippen LogP contribution in [0.25, 0.3) is 0 Å². The molecule has 1 aromatic heterocycles. The molecule has 1 aromatic carbocycles. The largest absolute Gasteiger partial charge is 0.461 e. The number of carbonyl (C=O) groups excluding carboxylic acids is 1. The summed E-state index contributed by atoms with van der Waals surface area (Å²) in [6.07, 6.45) is 3.32. The van der Waals surface area contributed by atoms with E-state index in [9.17, 15) is 4.79 Å². The van der Waals surface area contributed by atoms with Gasteiger partial charge in [-0.15, -0.1) is 0 Å². The van der Waals surface area contributed by atoms with E-state index in [2.05, 4.69) is 45.2 Å². The van der Waals surface area contributed by atoms with E-state index in [-0.39, 0.29) is 5.97 Å². The van der Waals surface area contributed by atoms with Crippen LogP contribution in [-0.4, -0.2) is 35.6 Å². The maximum Gasteiger partial charge on any atom is 0.357 e. The number of anilines is 1. The molecule has 2 heterocycles. The molecule has 1 aliphatic heterocycles. The summed E-state index contributed by atoms with van der Waals surface area (Å²) in [6, 6.07) is 12.4. The van der Waals surface area contributed by atoms with Gasteiger partial charge in [-0.05, 0) is 50.7 Å². The van der Waals surface area contributed by atoms with Gasteiger partial charge in [-0.25, -0.2) is 14.8 Å². The highest BCUT2D eigenvalue weighted by Crippen LogP contribution is 2.29. The molecule has 1 fully saturated rings. The quantitative estimate of drug-likeness (QED) is 0.794. The van der Waals surface area contributed by atoms with Crippen molar-refractivity contribution in [2.75, 3.05) is 24.6 Å². The maximum atomic E-state index is 12.0. The Morgan fingerprint density at radius 2 is 2.00 bits per heavy atom. The van der Waals surface area contributed by atoms with Gasteiger partial charge in [0.15, 0.2) is 5.69 Å². The molecule has 0 N–H and O–H groups in total. The maximum absolute atomic E-state index is 12.0. The van der Waals surface area contributed by atoms with Gasteiger partial charge in [-0.2, -0.15) is 0 Å². The first-order valence-electron chi connectivity index (χ1n) is 9.00. The molecule has 132 valence electrons. The van der Waals surface area contributed by atoms with Crippen LogP contribution in [0.15, 0.2) is 36.4 Å². The van der Waals surface area contributed by atoms with E-state index in [0.29, 0.717) is 24.2 Å². The summed E-state index contributed by atoms with van der Waals surface area (Å²) in [5.41, 5.74) is 2.53. The van der Waals surface area contributed by atoms with Crippen LogP contribution in [0.5, 0.6) is 0 Å². The molecule has 5 nitrogen and oxygen atoms in total. The highest BCUT2D eigenvalue weighted by atomic mass is 16.5. The average Bonchev–Trinajstić information content (AvgIpc) is 2.88. The second-order valence-electron chi connectivity index (χ2n) is 6.44. The predicted molar refractivity (Wildman–Crippen MR) is 98.0 cm³/mol. The van der Waals surface area contributed by atoms with Crippen LogP contribution in [0.2, 0.25) is 0 Å². The smallest absolute Gasteiger partial charge is 0.357 e. The Hall–Kier alpha value is -2.43. The molecular formula is C20H25N3O2. The fourth-order valence-electron chi connectivity index (χ4n) is 3.36. The number of benzene rings is 1. The number of aromatic nitrogens is 2. The third kappa shape index (κ3) is 4.35. The summed E-state index contributed by atoms with van der Waals surface area (Å²) in [7, 11) is 0. The fraction of sp³-hybridized carbons (Fsp3) is 0.450. The van der Waals surface area contributed by atoms with Gasteiger partial charge in [-0.3, -0.25) is 0 Å². The van der Waals surface area contributed by atoms with E-state index in [1.165, 1.54) is 5.56 Å². The Balaban J connectivity index is 1.75. The summed E-state index contributed by atoms with van der Waals surface area (Å²) >= 11 is 0. The zero-order chi connectivity index (χ0) is 17.6. The molecule has 1 aliphatic rings. The first kappa shape index (κ1) is 17.4. The molecule has 2 aromatic rings. The van der Waals surface area contributed by atoms with Crippen molar-refractivity contribution >= 4 is 11.9 Å². The Morgan fingerprint density at radius 1 is 1.20 bits per heavy atom. The summed E-state index contributed by atoms with van der Waals surface area (Å²) in [4.78, 5) is 23.2. The van der Waals surface area contributed by atoms with Crippen LogP contribution in [0.3, 0.4) is 0 Å². The minimum absolute atomic E-state index is 0.341. The number of rotatable bonds is 4. The van der Waals surface area contributed by atoms with E-state index < -0.39 is 0 Å². The first-order chi connectivity index (χ1) is 12.2. The minimum Gasteiger partial charge on any atom is -0.461 e. The fourth-order valence-corrected chi connectivity index (χ4v) is 3.36. The second-order valence-corrected chi connectivity index (χ2v) is 6.44. The van der Waals surface area contributed by atoms with E-state index in [4.69, 9.17) is 4.74 Å². The normalized spacial score (nSPS) is 17.8. The second kappa shape index (κ2) is 8.10. The summed E-state index contributed by atoms with van der Waals surface area (Å²) < 4.78 is 5.08. The van der Waals surface area contributed by atoms with Crippen molar-refractivity contribution in [3.05, 3.63) is 53.3 Å². The molecule has 3 rings (SSSR count). The molecule has 0 spiro atoms. The van der Waals surface area contributed by atoms with Crippen molar-refractivity contribution in [2.45, 2.75) is 39.0 Å². The molecule has 1 atom stereocenters. The van der Waals surface area contributed by atoms with Crippen molar-refractivity contribution in [3.8, 4) is 0 Å². The number of hydrogen-bond acceptors (Lipinski definition) is 5. The minimum atomic E-state index is -0.383. The number of aryl methyl sites for hydroxylation is 1. The van der Waals surface area contributed by atoms with E-state index in [0.717, 1.165) is 38.0 Å². The van der Waals surface area contributed by atoms with Crippen LogP contribution in [0.1, 0.15) is 53.8 Å². The Kier molecular flexibility index (Phi) is 5.64. The molecule has 0 amide bonds. The van der Waals surface area contributed by atoms with Gasteiger partial charge >= 0.3 is 5.97 Å². The Morgan fingerprint density at radius 3 is 2.76 bits per heavy atom. The van der Waals surface area contributed by atoms with Crippen LogP contribution < -0.4 is 4.90 Å². The van der Waals surface area contributed by atoms with Crippen LogP contribution >= 0.6 is 0 Å². The van der Waals surface area contributed by atoms with E-state index in [1.54, 1.807) is 13.0 Å². The van der Waals surface area contributed by atoms with Gasteiger partial charge in [-0.1, -0.05) is 30.3 Å². The first-order valence-corrected chi connectivity index (χ1v) is 9.00. The van der Waals surface area contributed by atoms with Crippen LogP contribution in [0.4, 0.5) is 5.95 Å². The monoisotopic (exact) mass is 339 g/mol. The highest BCUT2D eigenvalue weighted by molar-refractivity contribution is 5.87. The van der Waals surface area contributed by atoms with Gasteiger partial charge in [0.2, 0.25) is 5.95 Å². The highest BCUT2D eigenvalue weighted by Gasteiger charge is 2.21. The van der Waals surface area contributed by atoms with Crippen LogP contribution in [-0.2, 0) is 4.74 Å². The van der Waals surface area contributed by atoms with Crippen molar-refractivity contribution < 1.29 is 9.53 Å². The molecule has 0 bridgehead atoms. The number of hydrogen-bond donors (Lipinski definition) is 0. The molecule has 5 heteroatoms. The lowest BCUT2D eigenvalue weighted by Gasteiger charge is -2.21. The molecule has 0 aliphatic carbocycles. The van der Waals surface area contributed by atoms with Gasteiger partial charge < -0.3 is 9.64 Å². The standard InChI is InChI=1S/C20H25N3O2/c1-3-25-19(24)18-14-15(2)21-20(22-18)23-12-7-10-17(11-13-23)16-8-5-4-6-9-16/h4-6,8-9,14,17H,3,7,10-13H2,1-2H3. The topological polar surface area (TPSA) is 55.3 Å². The molecule has 25 heavy (non-hydrogen) atoms. The van der Waals surface area contributed by atoms with Gasteiger partial charge in [0.1, 0.15) is 0 Å². The van der Waals surface area contributed by atoms with Crippen molar-refractivity contribution in [3.63, 3.8) is 0 Å². The summed E-state index contributed by atoms with van der Waals surface area (Å²) in [5, 5.41) is 0. The van der Waals surface area contributed by atoms with E-state index >= 15 is 0 Å². The molecule has 0 radical (unpaired) electrons. The molecule has 1 unspecified atom stereocenters. The summed E-state index contributed by atoms with van der Waals surface area (Å²) in [5.74, 6) is 0.823. The Labute approximate surface area is 149 Å². The Bertz CT molecular complexity index is 718. The number of carbonyl (C=O) groups is 1. The third-order valence-electron chi connectivity index (χ3n) is 4.61. The lowest BCUT2D eigenvalue weighted by atomic mass is 9.92. The molecular weight excluding hydrogens is 314 g/mol. The average molecular weight is 339 g/mol. The predicted octanol–water partition coefficient (Wildman–Crippen LogP) is 3.74. The molecule has 1 saturated heterocycles. The van der Waals surface area contributed by atoms with Crippen molar-refractivity contribution in [2.24, 2.45) is 0 Å². The number of ether oxygens (including phenoxy) is 1. The van der Waals surface area contributed by atoms with Gasteiger partial charge in [0, 0.05) is 18.8 Å². The van der Waals surface area contributed by atoms with Crippen molar-refractivity contribution in [1.82, 2.24) is 9.97 Å². The van der Waals surface area contributed by atoms with Gasteiger partial charge in [0.25, 0.3) is 0 Å². The summed E-state index contributed by atoms with van der Waals surface area (Å²) in [6.45, 7) is 5.84. The lowest BCUT2D eigenvalue weighted by molar-refractivity contribution is 0.0519. The van der Waals surface area contributed by atoms with E-state index in [1.807, 2.05) is 6.92 Å². The van der Waals surface area contributed by atoms with Gasteiger partial charge in [0.05, 0.1) is 6.61 Å². The zero-order valence-electron chi connectivity index (χ0n) is 14.9. The van der Waals surface area contributed by atoms with Crippen molar-refractivity contribution in [1.29, 1.82) is 0 Å². The third-order valence-corrected chi connectivity index (χ3v) is 4.61. The SMILES string of the molecule is CCOC(=O)c1cc(C)nc(N2CCCC(c3ccccc3)CC2)n1. The number of esters is 1. The molecule has 0 saturated carbocycles. The van der Waals surface area contributed by atoms with Crippen LogP contribution in [0, 0.1) is 6.92 Å². The number of nitrogens with zero attached hydrogens (tertiary/aromatic N) is 3. The zero-order valence-corrected chi connectivity index (χ0v) is 14.9. The lowest BCUT2D eigenvalue weighted by Crippen LogP contribution is -2.27.